The van der Waals surface area contributed by atoms with Crippen molar-refractivity contribution in [3.05, 3.63) is 24.3 Å². The highest BCUT2D eigenvalue weighted by molar-refractivity contribution is 6.07. The van der Waals surface area contributed by atoms with E-state index in [0.29, 0.717) is 18.0 Å². The Morgan fingerprint density at radius 2 is 1.69 bits per heavy atom. The zero-order chi connectivity index (χ0) is 20.5. The van der Waals surface area contributed by atoms with Crippen molar-refractivity contribution in [2.24, 2.45) is 23.7 Å². The molecule has 4 atom stereocenters. The zero-order valence-corrected chi connectivity index (χ0v) is 16.3. The molecule has 1 heterocycles. The van der Waals surface area contributed by atoms with Crippen LogP contribution in [0.25, 0.3) is 0 Å². The van der Waals surface area contributed by atoms with Crippen LogP contribution in [0.2, 0.25) is 0 Å². The van der Waals surface area contributed by atoms with Crippen LogP contribution in [0.4, 0.5) is 5.69 Å². The second-order valence-electron chi connectivity index (χ2n) is 7.81. The summed E-state index contributed by atoms with van der Waals surface area (Å²) in [6.45, 7) is 1.51. The average molecular weight is 400 g/mol. The monoisotopic (exact) mass is 400 g/mol. The van der Waals surface area contributed by atoms with Crippen molar-refractivity contribution in [1.82, 2.24) is 4.90 Å². The summed E-state index contributed by atoms with van der Waals surface area (Å²) in [7, 11) is 0. The molecule has 29 heavy (non-hydrogen) atoms. The van der Waals surface area contributed by atoms with Gasteiger partial charge < -0.3 is 14.8 Å². The summed E-state index contributed by atoms with van der Waals surface area (Å²) in [5.41, 5.74) is 0.544. The molecule has 0 unspecified atom stereocenters. The number of likely N-dealkylation sites (tertiary alicyclic amines) is 1. The average Bonchev–Trinajstić information content (AvgIpc) is 3.38. The molecule has 0 spiro atoms. The fourth-order valence-electron chi connectivity index (χ4n) is 4.95. The van der Waals surface area contributed by atoms with Gasteiger partial charge in [-0.3, -0.25) is 24.1 Å². The molecule has 8 nitrogen and oxygen atoms in total. The Bertz CT molecular complexity index is 808. The maximum absolute atomic E-state index is 12.6. The molecular formula is C21H24N2O6. The quantitative estimate of drug-likeness (QED) is 0.551. The van der Waals surface area contributed by atoms with Gasteiger partial charge in [0, 0.05) is 5.69 Å². The van der Waals surface area contributed by atoms with Crippen molar-refractivity contribution in [2.45, 2.75) is 26.2 Å². The van der Waals surface area contributed by atoms with Gasteiger partial charge >= 0.3 is 5.97 Å². The summed E-state index contributed by atoms with van der Waals surface area (Å²) in [6, 6.07) is 6.80. The molecule has 0 aromatic heterocycles. The number of amides is 3. The lowest BCUT2D eigenvalue weighted by Crippen LogP contribution is -2.38. The standard InChI is InChI=1S/C21H24N2O6/c1-2-28-15-7-5-14(6-8-15)22-16(24)11-29-17(25)10-23-20(26)18-12-3-4-13(9-12)19(18)21(23)27/h5-8,12-13,18-19H,2-4,9-11H2,1H3,(H,22,24)/t12-,13+,18-,19+. The van der Waals surface area contributed by atoms with E-state index in [4.69, 9.17) is 9.47 Å². The second-order valence-corrected chi connectivity index (χ2v) is 7.81. The molecule has 1 aromatic rings. The first kappa shape index (κ1) is 19.4. The number of rotatable bonds is 7. The number of nitrogens with zero attached hydrogens (tertiary/aromatic N) is 1. The Morgan fingerprint density at radius 1 is 1.07 bits per heavy atom. The third kappa shape index (κ3) is 3.71. The summed E-state index contributed by atoms with van der Waals surface area (Å²) in [5.74, 6) is -1.10. The lowest BCUT2D eigenvalue weighted by Gasteiger charge is -2.19. The largest absolute Gasteiger partial charge is 0.494 e. The van der Waals surface area contributed by atoms with Crippen LogP contribution in [-0.2, 0) is 23.9 Å². The molecule has 1 aliphatic heterocycles. The van der Waals surface area contributed by atoms with Gasteiger partial charge in [-0.1, -0.05) is 0 Å². The van der Waals surface area contributed by atoms with E-state index in [1.807, 2.05) is 6.92 Å². The van der Waals surface area contributed by atoms with E-state index >= 15 is 0 Å². The Hall–Kier alpha value is -2.90. The van der Waals surface area contributed by atoms with Crippen LogP contribution >= 0.6 is 0 Å². The lowest BCUT2D eigenvalue weighted by molar-refractivity contribution is -0.154. The number of imide groups is 1. The van der Waals surface area contributed by atoms with E-state index in [0.717, 1.165) is 24.2 Å². The molecule has 3 amide bonds. The first-order chi connectivity index (χ1) is 14.0. The van der Waals surface area contributed by atoms with E-state index in [9.17, 15) is 19.2 Å². The molecule has 3 fully saturated rings. The van der Waals surface area contributed by atoms with E-state index in [1.54, 1.807) is 24.3 Å². The van der Waals surface area contributed by atoms with Crippen molar-refractivity contribution in [2.75, 3.05) is 25.1 Å². The molecule has 0 radical (unpaired) electrons. The van der Waals surface area contributed by atoms with Gasteiger partial charge in [-0.25, -0.2) is 0 Å². The van der Waals surface area contributed by atoms with Crippen molar-refractivity contribution >= 4 is 29.4 Å². The van der Waals surface area contributed by atoms with Crippen LogP contribution in [0, 0.1) is 23.7 Å². The summed E-state index contributed by atoms with van der Waals surface area (Å²) in [4.78, 5) is 50.3. The molecule has 2 bridgehead atoms. The van der Waals surface area contributed by atoms with E-state index < -0.39 is 25.0 Å². The number of carbonyl (C=O) groups excluding carboxylic acids is 4. The highest BCUT2D eigenvalue weighted by Gasteiger charge is 2.61. The minimum atomic E-state index is -0.763. The fourth-order valence-corrected chi connectivity index (χ4v) is 4.95. The zero-order valence-electron chi connectivity index (χ0n) is 16.3. The number of ether oxygens (including phenoxy) is 2. The molecule has 4 rings (SSSR count). The first-order valence-electron chi connectivity index (χ1n) is 10.0. The third-order valence-electron chi connectivity index (χ3n) is 6.12. The maximum Gasteiger partial charge on any atom is 0.326 e. The normalized spacial score (nSPS) is 27.1. The van der Waals surface area contributed by atoms with Crippen molar-refractivity contribution in [3.63, 3.8) is 0 Å². The molecule has 2 aliphatic carbocycles. The molecule has 154 valence electrons. The third-order valence-corrected chi connectivity index (χ3v) is 6.12. The Balaban J connectivity index is 1.25. The molecule has 8 heteroatoms. The first-order valence-corrected chi connectivity index (χ1v) is 10.0. The maximum atomic E-state index is 12.6. The number of benzene rings is 1. The van der Waals surface area contributed by atoms with Crippen LogP contribution in [0.3, 0.4) is 0 Å². The summed E-state index contributed by atoms with van der Waals surface area (Å²) in [5, 5.41) is 2.61. The van der Waals surface area contributed by atoms with Crippen molar-refractivity contribution < 1.29 is 28.7 Å². The van der Waals surface area contributed by atoms with E-state index in [1.165, 1.54) is 0 Å². The number of hydrogen-bond donors (Lipinski definition) is 1. The molecule has 1 aromatic carbocycles. The Kier molecular flexibility index (Phi) is 5.25. The Labute approximate surface area is 168 Å². The highest BCUT2D eigenvalue weighted by Crippen LogP contribution is 2.56. The van der Waals surface area contributed by atoms with E-state index in [-0.39, 0.29) is 35.5 Å². The minimum absolute atomic E-state index is 0.261. The molecule has 1 saturated heterocycles. The number of hydrogen-bond acceptors (Lipinski definition) is 6. The minimum Gasteiger partial charge on any atom is -0.494 e. The number of carbonyl (C=O) groups is 4. The molecular weight excluding hydrogens is 376 g/mol. The van der Waals surface area contributed by atoms with Crippen LogP contribution in [-0.4, -0.2) is 48.3 Å². The van der Waals surface area contributed by atoms with Gasteiger partial charge in [-0.05, 0) is 62.3 Å². The van der Waals surface area contributed by atoms with Gasteiger partial charge in [0.25, 0.3) is 5.91 Å². The van der Waals surface area contributed by atoms with Gasteiger partial charge in [-0.2, -0.15) is 0 Å². The number of esters is 1. The van der Waals surface area contributed by atoms with Crippen LogP contribution in [0.5, 0.6) is 5.75 Å². The second kappa shape index (κ2) is 7.85. The SMILES string of the molecule is CCOc1ccc(NC(=O)COC(=O)CN2C(=O)[C@@H]3[C@@H]4CC[C@@H](C4)[C@@H]3C2=O)cc1. The van der Waals surface area contributed by atoms with Crippen molar-refractivity contribution in [1.29, 1.82) is 0 Å². The topological polar surface area (TPSA) is 102 Å². The summed E-state index contributed by atoms with van der Waals surface area (Å²) < 4.78 is 10.3. The van der Waals surface area contributed by atoms with Gasteiger partial charge in [0.05, 0.1) is 18.4 Å². The highest BCUT2D eigenvalue weighted by atomic mass is 16.5. The molecule has 2 saturated carbocycles. The van der Waals surface area contributed by atoms with Crippen LogP contribution in [0.15, 0.2) is 24.3 Å². The van der Waals surface area contributed by atoms with Crippen molar-refractivity contribution in [3.8, 4) is 5.75 Å². The summed E-state index contributed by atoms with van der Waals surface area (Å²) >= 11 is 0. The summed E-state index contributed by atoms with van der Waals surface area (Å²) in [6.07, 6.45) is 2.90. The molecule has 1 N–H and O–H groups in total. The van der Waals surface area contributed by atoms with Crippen LogP contribution < -0.4 is 10.1 Å². The van der Waals surface area contributed by atoms with Gasteiger partial charge in [0.1, 0.15) is 12.3 Å². The van der Waals surface area contributed by atoms with Gasteiger partial charge in [0.15, 0.2) is 6.61 Å². The predicted octanol–water partition coefficient (Wildman–Crippen LogP) is 1.60. The van der Waals surface area contributed by atoms with Crippen LogP contribution in [0.1, 0.15) is 26.2 Å². The van der Waals surface area contributed by atoms with Gasteiger partial charge in [-0.15, -0.1) is 0 Å². The lowest BCUT2D eigenvalue weighted by atomic mass is 9.81. The predicted molar refractivity (Wildman–Crippen MR) is 102 cm³/mol. The molecule has 3 aliphatic rings. The number of fused-ring (bicyclic) bond motifs is 5. The van der Waals surface area contributed by atoms with E-state index in [2.05, 4.69) is 5.32 Å². The smallest absolute Gasteiger partial charge is 0.326 e. The Morgan fingerprint density at radius 3 is 2.28 bits per heavy atom. The number of nitrogens with one attached hydrogen (secondary N) is 1. The van der Waals surface area contributed by atoms with Gasteiger partial charge in [0.2, 0.25) is 11.8 Å². The fraction of sp³-hybridized carbons (Fsp3) is 0.524. The number of anilines is 1.